The van der Waals surface area contributed by atoms with Crippen LogP contribution < -0.4 is 10.7 Å². The van der Waals surface area contributed by atoms with E-state index in [0.29, 0.717) is 5.56 Å². The van der Waals surface area contributed by atoms with Crippen LogP contribution >= 0.6 is 11.8 Å². The molecule has 2 heterocycles. The second-order valence-corrected chi connectivity index (χ2v) is 6.73. The first-order valence-electron chi connectivity index (χ1n) is 8.08. The largest absolute Gasteiger partial charge is 0.349 e. The topological polar surface area (TPSA) is 108 Å². The SMILES string of the molecule is O=C1CCC(C(=O)NCCN2C(=O)S/C(=C/c3ccc(F)cc3)C2=O)=NN1. The van der Waals surface area contributed by atoms with E-state index in [9.17, 15) is 23.6 Å². The number of rotatable bonds is 5. The van der Waals surface area contributed by atoms with Crippen molar-refractivity contribution in [2.24, 2.45) is 5.10 Å². The Hall–Kier alpha value is -3.01. The third kappa shape index (κ3) is 4.59. The fraction of sp³-hybridized carbons (Fsp3) is 0.235. The minimum Gasteiger partial charge on any atom is -0.349 e. The van der Waals surface area contributed by atoms with Crippen molar-refractivity contribution in [2.75, 3.05) is 13.1 Å². The molecule has 0 radical (unpaired) electrons. The molecule has 0 saturated carbocycles. The average molecular weight is 390 g/mol. The van der Waals surface area contributed by atoms with Gasteiger partial charge >= 0.3 is 0 Å². The van der Waals surface area contributed by atoms with Crippen LogP contribution in [-0.4, -0.2) is 46.7 Å². The van der Waals surface area contributed by atoms with Crippen molar-refractivity contribution >= 4 is 46.5 Å². The Morgan fingerprint density at radius 2 is 2.00 bits per heavy atom. The smallest absolute Gasteiger partial charge is 0.293 e. The summed E-state index contributed by atoms with van der Waals surface area (Å²) in [5.74, 6) is -1.56. The molecule has 27 heavy (non-hydrogen) atoms. The lowest BCUT2D eigenvalue weighted by Gasteiger charge is -2.14. The molecule has 1 saturated heterocycles. The zero-order valence-electron chi connectivity index (χ0n) is 14.0. The van der Waals surface area contributed by atoms with Gasteiger partial charge in [0.25, 0.3) is 17.1 Å². The molecule has 0 atom stereocenters. The summed E-state index contributed by atoms with van der Waals surface area (Å²) < 4.78 is 12.9. The lowest BCUT2D eigenvalue weighted by molar-refractivity contribution is -0.123. The van der Waals surface area contributed by atoms with Gasteiger partial charge in [-0.3, -0.25) is 24.1 Å². The summed E-state index contributed by atoms with van der Waals surface area (Å²) in [6, 6.07) is 5.55. The Kier molecular flexibility index (Phi) is 5.65. The van der Waals surface area contributed by atoms with Gasteiger partial charge in [0.2, 0.25) is 5.91 Å². The number of hydrogen-bond acceptors (Lipinski definition) is 6. The second kappa shape index (κ2) is 8.12. The van der Waals surface area contributed by atoms with Gasteiger partial charge in [0.05, 0.1) is 4.91 Å². The maximum atomic E-state index is 12.9. The molecule has 0 bridgehead atoms. The molecule has 2 aliphatic rings. The summed E-state index contributed by atoms with van der Waals surface area (Å²) in [6.45, 7) is 0.0739. The van der Waals surface area contributed by atoms with E-state index in [-0.39, 0.29) is 42.5 Å². The molecule has 140 valence electrons. The van der Waals surface area contributed by atoms with Gasteiger partial charge in [0.1, 0.15) is 11.5 Å². The van der Waals surface area contributed by atoms with E-state index < -0.39 is 22.9 Å². The molecule has 1 aromatic rings. The van der Waals surface area contributed by atoms with E-state index >= 15 is 0 Å². The standard InChI is InChI=1S/C17H15FN4O4S/c18-11-3-1-10(2-4-11)9-13-16(25)22(17(26)27-13)8-7-19-15(24)12-5-6-14(23)21-20-12/h1-4,9H,5-8H2,(H,19,24)(H,21,23)/b13-9+. The van der Waals surface area contributed by atoms with Crippen molar-refractivity contribution in [1.29, 1.82) is 0 Å². The van der Waals surface area contributed by atoms with Gasteiger partial charge in [0.15, 0.2) is 0 Å². The van der Waals surface area contributed by atoms with E-state index in [0.717, 1.165) is 16.7 Å². The summed E-state index contributed by atoms with van der Waals surface area (Å²) in [6.07, 6.45) is 1.94. The van der Waals surface area contributed by atoms with Crippen molar-refractivity contribution in [2.45, 2.75) is 12.8 Å². The molecule has 0 unspecified atom stereocenters. The Morgan fingerprint density at radius 3 is 2.67 bits per heavy atom. The van der Waals surface area contributed by atoms with Gasteiger partial charge in [-0.15, -0.1) is 0 Å². The van der Waals surface area contributed by atoms with Crippen LogP contribution in [0.3, 0.4) is 0 Å². The maximum absolute atomic E-state index is 12.9. The first kappa shape index (κ1) is 18.8. The van der Waals surface area contributed by atoms with Crippen LogP contribution in [0.15, 0.2) is 34.3 Å². The first-order valence-corrected chi connectivity index (χ1v) is 8.90. The zero-order chi connectivity index (χ0) is 19.4. The van der Waals surface area contributed by atoms with E-state index in [1.54, 1.807) is 0 Å². The highest BCUT2D eigenvalue weighted by atomic mass is 32.2. The van der Waals surface area contributed by atoms with Gasteiger partial charge in [-0.05, 0) is 35.5 Å². The fourth-order valence-electron chi connectivity index (χ4n) is 2.42. The molecule has 2 aliphatic heterocycles. The lowest BCUT2D eigenvalue weighted by atomic mass is 10.1. The maximum Gasteiger partial charge on any atom is 0.293 e. The third-order valence-corrected chi connectivity index (χ3v) is 4.74. The highest BCUT2D eigenvalue weighted by Gasteiger charge is 2.34. The van der Waals surface area contributed by atoms with Crippen molar-refractivity contribution in [3.05, 3.63) is 40.6 Å². The van der Waals surface area contributed by atoms with E-state index in [1.165, 1.54) is 30.3 Å². The van der Waals surface area contributed by atoms with Crippen molar-refractivity contribution in [1.82, 2.24) is 15.6 Å². The average Bonchev–Trinajstić information content (AvgIpc) is 2.91. The molecule has 2 N–H and O–H groups in total. The molecular weight excluding hydrogens is 375 g/mol. The van der Waals surface area contributed by atoms with Crippen LogP contribution in [0.2, 0.25) is 0 Å². The number of carbonyl (C=O) groups excluding carboxylic acids is 4. The lowest BCUT2D eigenvalue weighted by Crippen LogP contribution is -2.41. The van der Waals surface area contributed by atoms with Crippen LogP contribution in [0.5, 0.6) is 0 Å². The normalized spacial score (nSPS) is 18.6. The summed E-state index contributed by atoms with van der Waals surface area (Å²) in [4.78, 5) is 48.6. The van der Waals surface area contributed by atoms with Crippen molar-refractivity contribution in [3.63, 3.8) is 0 Å². The Labute approximate surface area is 157 Å². The van der Waals surface area contributed by atoms with E-state index in [1.807, 2.05) is 0 Å². The summed E-state index contributed by atoms with van der Waals surface area (Å²) in [5.41, 5.74) is 3.02. The number of thioether (sulfide) groups is 1. The molecule has 4 amide bonds. The van der Waals surface area contributed by atoms with Crippen LogP contribution in [-0.2, 0) is 14.4 Å². The van der Waals surface area contributed by atoms with Crippen molar-refractivity contribution in [3.8, 4) is 0 Å². The predicted molar refractivity (Wildman–Crippen MR) is 96.9 cm³/mol. The van der Waals surface area contributed by atoms with Gasteiger partial charge in [-0.25, -0.2) is 9.82 Å². The first-order chi connectivity index (χ1) is 12.9. The number of hydrazone groups is 1. The monoisotopic (exact) mass is 390 g/mol. The van der Waals surface area contributed by atoms with Gasteiger partial charge in [-0.2, -0.15) is 5.10 Å². The molecule has 1 fully saturated rings. The number of benzene rings is 1. The van der Waals surface area contributed by atoms with Gasteiger partial charge in [0, 0.05) is 25.9 Å². The molecular formula is C17H15FN4O4S. The van der Waals surface area contributed by atoms with Crippen LogP contribution in [0.25, 0.3) is 6.08 Å². The molecule has 1 aromatic carbocycles. The van der Waals surface area contributed by atoms with Gasteiger partial charge < -0.3 is 5.32 Å². The molecule has 0 spiro atoms. The number of nitrogens with zero attached hydrogens (tertiary/aromatic N) is 2. The van der Waals surface area contributed by atoms with Crippen LogP contribution in [0, 0.1) is 5.82 Å². The number of carbonyl (C=O) groups is 4. The summed E-state index contributed by atoms with van der Waals surface area (Å²) in [7, 11) is 0. The zero-order valence-corrected chi connectivity index (χ0v) is 14.8. The predicted octanol–water partition coefficient (Wildman–Crippen LogP) is 1.24. The molecule has 3 rings (SSSR count). The van der Waals surface area contributed by atoms with Crippen LogP contribution in [0.4, 0.5) is 9.18 Å². The summed E-state index contributed by atoms with van der Waals surface area (Å²) >= 11 is 0.789. The highest BCUT2D eigenvalue weighted by molar-refractivity contribution is 8.18. The van der Waals surface area contributed by atoms with Crippen LogP contribution in [0.1, 0.15) is 18.4 Å². The molecule has 10 heteroatoms. The molecule has 8 nitrogen and oxygen atoms in total. The van der Waals surface area contributed by atoms with E-state index in [2.05, 4.69) is 15.8 Å². The quantitative estimate of drug-likeness (QED) is 0.736. The Balaban J connectivity index is 1.55. The number of hydrogen-bond donors (Lipinski definition) is 2. The minimum atomic E-state index is -0.467. The molecule has 0 aromatic heterocycles. The minimum absolute atomic E-state index is 0.0107. The van der Waals surface area contributed by atoms with Crippen molar-refractivity contribution < 1.29 is 23.6 Å². The number of imide groups is 1. The summed E-state index contributed by atoms with van der Waals surface area (Å²) in [5, 5.41) is 5.80. The fourth-order valence-corrected chi connectivity index (χ4v) is 3.29. The van der Waals surface area contributed by atoms with Gasteiger partial charge in [-0.1, -0.05) is 12.1 Å². The number of halogens is 1. The number of nitrogens with one attached hydrogen (secondary N) is 2. The third-order valence-electron chi connectivity index (χ3n) is 3.83. The van der Waals surface area contributed by atoms with E-state index in [4.69, 9.17) is 0 Å². The molecule has 0 aliphatic carbocycles. The highest BCUT2D eigenvalue weighted by Crippen LogP contribution is 2.31. The number of amides is 4. The Morgan fingerprint density at radius 1 is 1.26 bits per heavy atom. The Bertz CT molecular complexity index is 866. The second-order valence-electron chi connectivity index (χ2n) is 5.73.